The highest BCUT2D eigenvalue weighted by Gasteiger charge is 2.37. The number of carbonyl (C=O) groups is 3. The van der Waals surface area contributed by atoms with Crippen molar-refractivity contribution in [2.45, 2.75) is 31.3 Å². The average molecular weight is 443 g/mol. The lowest BCUT2D eigenvalue weighted by Crippen LogP contribution is -2.33. The zero-order valence-electron chi connectivity index (χ0n) is 18.0. The number of anilines is 2. The van der Waals surface area contributed by atoms with E-state index in [9.17, 15) is 14.4 Å². The van der Waals surface area contributed by atoms with Crippen molar-refractivity contribution in [2.24, 2.45) is 5.92 Å². The van der Waals surface area contributed by atoms with E-state index in [0.29, 0.717) is 11.4 Å². The smallest absolute Gasteiger partial charge is 0.312 e. The van der Waals surface area contributed by atoms with Gasteiger partial charge < -0.3 is 19.7 Å². The molecule has 1 aliphatic rings. The molecule has 8 heteroatoms. The number of thioether (sulfide) groups is 1. The summed E-state index contributed by atoms with van der Waals surface area (Å²) in [6.45, 7) is 3.64. The fraction of sp³-hybridized carbons (Fsp3) is 0.348. The van der Waals surface area contributed by atoms with Gasteiger partial charge in [0.05, 0.1) is 18.7 Å². The number of ether oxygens (including phenoxy) is 2. The van der Waals surface area contributed by atoms with Crippen LogP contribution in [0.1, 0.15) is 18.9 Å². The summed E-state index contributed by atoms with van der Waals surface area (Å²) in [5, 5.41) is 2.73. The highest BCUT2D eigenvalue weighted by Crippen LogP contribution is 2.28. The normalized spacial score (nSPS) is 16.7. The maximum atomic E-state index is 12.6. The third-order valence-electron chi connectivity index (χ3n) is 5.12. The van der Waals surface area contributed by atoms with Gasteiger partial charge in [0.1, 0.15) is 5.75 Å². The molecule has 1 aliphatic heterocycles. The molecular formula is C23H26N2O5S. The Morgan fingerprint density at radius 2 is 1.90 bits per heavy atom. The van der Waals surface area contributed by atoms with E-state index in [-0.39, 0.29) is 18.9 Å². The van der Waals surface area contributed by atoms with Crippen molar-refractivity contribution in [1.29, 1.82) is 0 Å². The Labute approximate surface area is 186 Å². The van der Waals surface area contributed by atoms with Gasteiger partial charge in [-0.2, -0.15) is 0 Å². The zero-order valence-corrected chi connectivity index (χ0v) is 18.8. The largest absolute Gasteiger partial charge is 0.495 e. The lowest BCUT2D eigenvalue weighted by Gasteiger charge is -2.18. The van der Waals surface area contributed by atoms with Crippen LogP contribution < -0.4 is 15.0 Å². The van der Waals surface area contributed by atoms with Crippen LogP contribution in [0.25, 0.3) is 0 Å². The SMILES string of the molecule is COc1ccc(C)cc1NC(=O)C(C)OC(=O)C1CC(=O)N(c2ccc(SC)cc2)C1. The molecule has 0 spiro atoms. The molecule has 1 saturated heterocycles. The molecule has 0 saturated carbocycles. The number of hydrogen-bond donors (Lipinski definition) is 1. The minimum atomic E-state index is -1.01. The van der Waals surface area contributed by atoms with Crippen LogP contribution in [0.2, 0.25) is 0 Å². The van der Waals surface area contributed by atoms with E-state index in [1.165, 1.54) is 14.0 Å². The topological polar surface area (TPSA) is 84.9 Å². The maximum Gasteiger partial charge on any atom is 0.312 e. The van der Waals surface area contributed by atoms with Gasteiger partial charge in [-0.05, 0) is 62.1 Å². The maximum absolute atomic E-state index is 12.6. The van der Waals surface area contributed by atoms with Gasteiger partial charge in [-0.3, -0.25) is 14.4 Å². The number of nitrogens with one attached hydrogen (secondary N) is 1. The highest BCUT2D eigenvalue weighted by atomic mass is 32.2. The van der Waals surface area contributed by atoms with Crippen LogP contribution in [0.15, 0.2) is 47.4 Å². The Balaban J connectivity index is 1.60. The lowest BCUT2D eigenvalue weighted by atomic mass is 10.1. The Bertz CT molecular complexity index is 976. The van der Waals surface area contributed by atoms with Gasteiger partial charge in [0, 0.05) is 23.5 Å². The van der Waals surface area contributed by atoms with Crippen molar-refractivity contribution < 1.29 is 23.9 Å². The Kier molecular flexibility index (Phi) is 7.22. The summed E-state index contributed by atoms with van der Waals surface area (Å²) < 4.78 is 10.6. The van der Waals surface area contributed by atoms with Crippen molar-refractivity contribution in [2.75, 3.05) is 30.1 Å². The van der Waals surface area contributed by atoms with Gasteiger partial charge in [0.25, 0.3) is 5.91 Å². The second-order valence-corrected chi connectivity index (χ2v) is 8.26. The van der Waals surface area contributed by atoms with Crippen molar-refractivity contribution in [1.82, 2.24) is 0 Å². The number of hydrogen-bond acceptors (Lipinski definition) is 6. The van der Waals surface area contributed by atoms with Crippen LogP contribution in [-0.4, -0.2) is 43.8 Å². The molecule has 0 aliphatic carbocycles. The summed E-state index contributed by atoms with van der Waals surface area (Å²) in [4.78, 5) is 40.2. The van der Waals surface area contributed by atoms with E-state index in [0.717, 1.165) is 16.1 Å². The molecule has 1 heterocycles. The van der Waals surface area contributed by atoms with Crippen molar-refractivity contribution in [3.8, 4) is 5.75 Å². The third-order valence-corrected chi connectivity index (χ3v) is 5.86. The van der Waals surface area contributed by atoms with Gasteiger partial charge in [0.15, 0.2) is 6.10 Å². The number of carbonyl (C=O) groups excluding carboxylic acids is 3. The second kappa shape index (κ2) is 9.87. The number of rotatable bonds is 7. The molecule has 0 bridgehead atoms. The molecule has 2 atom stereocenters. The minimum absolute atomic E-state index is 0.0587. The quantitative estimate of drug-likeness (QED) is 0.521. The molecule has 3 rings (SSSR count). The van der Waals surface area contributed by atoms with Crippen molar-refractivity contribution in [3.05, 3.63) is 48.0 Å². The average Bonchev–Trinajstić information content (AvgIpc) is 3.15. The summed E-state index contributed by atoms with van der Waals surface area (Å²) in [5.41, 5.74) is 2.21. The second-order valence-electron chi connectivity index (χ2n) is 7.38. The van der Waals surface area contributed by atoms with Crippen molar-refractivity contribution in [3.63, 3.8) is 0 Å². The molecule has 7 nitrogen and oxygen atoms in total. The molecule has 164 valence electrons. The van der Waals surface area contributed by atoms with E-state index >= 15 is 0 Å². The zero-order chi connectivity index (χ0) is 22.5. The van der Waals surface area contributed by atoms with E-state index in [1.807, 2.05) is 43.5 Å². The summed E-state index contributed by atoms with van der Waals surface area (Å²) in [6.07, 6.45) is 1.03. The summed E-state index contributed by atoms with van der Waals surface area (Å²) >= 11 is 1.62. The van der Waals surface area contributed by atoms with E-state index in [4.69, 9.17) is 9.47 Å². The first kappa shape index (κ1) is 22.7. The fourth-order valence-corrected chi connectivity index (χ4v) is 3.76. The first-order chi connectivity index (χ1) is 14.8. The first-order valence-electron chi connectivity index (χ1n) is 9.92. The van der Waals surface area contributed by atoms with E-state index in [1.54, 1.807) is 28.8 Å². The first-order valence-corrected chi connectivity index (χ1v) is 11.1. The van der Waals surface area contributed by atoms with Gasteiger partial charge in [-0.25, -0.2) is 0 Å². The molecule has 0 aromatic heterocycles. The molecule has 1 N–H and O–H groups in total. The Morgan fingerprint density at radius 3 is 2.55 bits per heavy atom. The number of nitrogens with zero attached hydrogens (tertiary/aromatic N) is 1. The molecule has 2 unspecified atom stereocenters. The number of esters is 1. The molecule has 2 aromatic rings. The molecule has 2 aromatic carbocycles. The van der Waals surface area contributed by atoms with Crippen LogP contribution in [0.4, 0.5) is 11.4 Å². The number of benzene rings is 2. The Hall–Kier alpha value is -3.00. The van der Waals surface area contributed by atoms with Crippen LogP contribution in [0.3, 0.4) is 0 Å². The minimum Gasteiger partial charge on any atom is -0.495 e. The number of methoxy groups -OCH3 is 1. The third kappa shape index (κ3) is 5.38. The molecule has 0 radical (unpaired) electrons. The highest BCUT2D eigenvalue weighted by molar-refractivity contribution is 7.98. The Morgan fingerprint density at radius 1 is 1.19 bits per heavy atom. The predicted molar refractivity (Wildman–Crippen MR) is 121 cm³/mol. The van der Waals surface area contributed by atoms with Crippen LogP contribution >= 0.6 is 11.8 Å². The molecule has 1 fully saturated rings. The predicted octanol–water partition coefficient (Wildman–Crippen LogP) is 3.65. The van der Waals surface area contributed by atoms with E-state index < -0.39 is 23.9 Å². The van der Waals surface area contributed by atoms with Crippen molar-refractivity contribution >= 4 is 40.9 Å². The summed E-state index contributed by atoms with van der Waals surface area (Å²) in [7, 11) is 1.52. The molecular weight excluding hydrogens is 416 g/mol. The van der Waals surface area contributed by atoms with Gasteiger partial charge in [0.2, 0.25) is 5.91 Å². The van der Waals surface area contributed by atoms with E-state index in [2.05, 4.69) is 5.32 Å². The summed E-state index contributed by atoms with van der Waals surface area (Å²) in [5.74, 6) is -1.26. The van der Waals surface area contributed by atoms with Crippen LogP contribution in [0.5, 0.6) is 5.75 Å². The standard InChI is InChI=1S/C23H26N2O5S/c1-14-5-10-20(29-3)19(11-14)24-22(27)15(2)30-23(28)16-12-21(26)25(13-16)17-6-8-18(31-4)9-7-17/h5-11,15-16H,12-13H2,1-4H3,(H,24,27). The summed E-state index contributed by atoms with van der Waals surface area (Å²) in [6, 6.07) is 13.0. The monoisotopic (exact) mass is 442 g/mol. The van der Waals surface area contributed by atoms with Gasteiger partial charge >= 0.3 is 5.97 Å². The molecule has 2 amide bonds. The lowest BCUT2D eigenvalue weighted by molar-refractivity contribution is -0.157. The van der Waals surface area contributed by atoms with Gasteiger partial charge in [-0.15, -0.1) is 11.8 Å². The van der Waals surface area contributed by atoms with Crippen LogP contribution in [-0.2, 0) is 19.1 Å². The van der Waals surface area contributed by atoms with Gasteiger partial charge in [-0.1, -0.05) is 6.07 Å². The van der Waals surface area contributed by atoms with Crippen LogP contribution in [0, 0.1) is 12.8 Å². The fourth-order valence-electron chi connectivity index (χ4n) is 3.36. The number of amides is 2. The molecule has 31 heavy (non-hydrogen) atoms. The number of aryl methyl sites for hydroxylation is 1.